The second-order valence-electron chi connectivity index (χ2n) is 6.64. The Hall–Kier alpha value is -1.91. The van der Waals surface area contributed by atoms with Gasteiger partial charge in [-0.2, -0.15) is 0 Å². The van der Waals surface area contributed by atoms with Gasteiger partial charge < -0.3 is 10.2 Å². The number of likely N-dealkylation sites (N-methyl/N-ethyl adjacent to an activating group) is 1. The number of carbonyl (C=O) groups excluding carboxylic acids is 2. The monoisotopic (exact) mass is 318 g/mol. The van der Waals surface area contributed by atoms with Gasteiger partial charge in [0.2, 0.25) is 11.8 Å². The highest BCUT2D eigenvalue weighted by atomic mass is 19.1. The van der Waals surface area contributed by atoms with Crippen LogP contribution in [0.4, 0.5) is 4.39 Å². The molecule has 23 heavy (non-hydrogen) atoms. The first-order valence-electron chi connectivity index (χ1n) is 8.38. The van der Waals surface area contributed by atoms with Gasteiger partial charge in [-0.15, -0.1) is 0 Å². The van der Waals surface area contributed by atoms with Crippen LogP contribution in [0.1, 0.15) is 50.1 Å². The third-order valence-electron chi connectivity index (χ3n) is 5.19. The number of nitrogens with one attached hydrogen (secondary N) is 1. The summed E-state index contributed by atoms with van der Waals surface area (Å²) in [4.78, 5) is 25.8. The molecule has 2 amide bonds. The van der Waals surface area contributed by atoms with E-state index >= 15 is 0 Å². The highest BCUT2D eigenvalue weighted by Gasteiger charge is 2.36. The molecule has 124 valence electrons. The van der Waals surface area contributed by atoms with Crippen molar-refractivity contribution < 1.29 is 14.0 Å². The minimum Gasteiger partial charge on any atom is -0.347 e. The lowest BCUT2D eigenvalue weighted by Gasteiger charge is -2.28. The number of hydrogen-bond donors (Lipinski definition) is 1. The Bertz CT molecular complexity index is 581. The van der Waals surface area contributed by atoms with Gasteiger partial charge in [-0.3, -0.25) is 9.59 Å². The van der Waals surface area contributed by atoms with Crippen LogP contribution in [0.5, 0.6) is 0 Å². The molecule has 1 aromatic rings. The molecule has 3 rings (SSSR count). The van der Waals surface area contributed by atoms with Crippen molar-refractivity contribution in [1.29, 1.82) is 0 Å². The minimum absolute atomic E-state index is 0.0179. The van der Waals surface area contributed by atoms with Gasteiger partial charge in [-0.25, -0.2) is 4.39 Å². The smallest absolute Gasteiger partial charge is 0.243 e. The van der Waals surface area contributed by atoms with E-state index in [4.69, 9.17) is 0 Å². The van der Waals surface area contributed by atoms with Crippen molar-refractivity contribution in [1.82, 2.24) is 10.2 Å². The second kappa shape index (κ2) is 6.69. The van der Waals surface area contributed by atoms with Crippen LogP contribution in [-0.2, 0) is 9.59 Å². The SMILES string of the molecule is CN1C(=O)CC[C@H]1C(=O)N[C@@H](c1ccc(F)cc1)C1CCCC1. The fraction of sp³-hybridized carbons (Fsp3) is 0.556. The summed E-state index contributed by atoms with van der Waals surface area (Å²) in [5.41, 5.74) is 0.943. The van der Waals surface area contributed by atoms with E-state index in [9.17, 15) is 14.0 Å². The summed E-state index contributed by atoms with van der Waals surface area (Å²) in [6.07, 6.45) is 5.48. The summed E-state index contributed by atoms with van der Waals surface area (Å²) in [5, 5.41) is 3.13. The number of benzene rings is 1. The molecule has 2 atom stereocenters. The Morgan fingerprint density at radius 2 is 1.87 bits per heavy atom. The van der Waals surface area contributed by atoms with Gasteiger partial charge >= 0.3 is 0 Å². The number of hydrogen-bond acceptors (Lipinski definition) is 2. The predicted octanol–water partition coefficient (Wildman–Crippen LogP) is 2.79. The second-order valence-corrected chi connectivity index (χ2v) is 6.64. The van der Waals surface area contributed by atoms with Crippen molar-refractivity contribution in [2.75, 3.05) is 7.05 Å². The highest BCUT2D eigenvalue weighted by molar-refractivity contribution is 5.90. The largest absolute Gasteiger partial charge is 0.347 e. The number of halogens is 1. The molecule has 2 aliphatic rings. The number of nitrogens with zero attached hydrogens (tertiary/aromatic N) is 1. The Balaban J connectivity index is 1.77. The van der Waals surface area contributed by atoms with Crippen LogP contribution < -0.4 is 5.32 Å². The van der Waals surface area contributed by atoms with E-state index in [1.54, 1.807) is 19.2 Å². The lowest BCUT2D eigenvalue weighted by Crippen LogP contribution is -2.45. The molecule has 0 unspecified atom stereocenters. The molecule has 1 aromatic carbocycles. The molecular weight excluding hydrogens is 295 g/mol. The van der Waals surface area contributed by atoms with Crippen molar-refractivity contribution in [3.8, 4) is 0 Å². The van der Waals surface area contributed by atoms with Crippen molar-refractivity contribution in [3.05, 3.63) is 35.6 Å². The van der Waals surface area contributed by atoms with Gasteiger partial charge in [0.1, 0.15) is 11.9 Å². The van der Waals surface area contributed by atoms with Crippen molar-refractivity contribution in [2.45, 2.75) is 50.6 Å². The third kappa shape index (κ3) is 3.38. The van der Waals surface area contributed by atoms with Crippen LogP contribution in [0.25, 0.3) is 0 Å². The minimum atomic E-state index is -0.383. The molecule has 0 bridgehead atoms. The van der Waals surface area contributed by atoms with E-state index in [0.29, 0.717) is 18.8 Å². The maximum Gasteiger partial charge on any atom is 0.243 e. The lowest BCUT2D eigenvalue weighted by molar-refractivity contribution is -0.134. The third-order valence-corrected chi connectivity index (χ3v) is 5.19. The van der Waals surface area contributed by atoms with Gasteiger partial charge in [0, 0.05) is 13.5 Å². The number of amides is 2. The number of rotatable bonds is 4. The fourth-order valence-electron chi connectivity index (χ4n) is 3.79. The molecule has 5 heteroatoms. The molecule has 0 spiro atoms. The number of likely N-dealkylation sites (tertiary alicyclic amines) is 1. The van der Waals surface area contributed by atoms with Crippen LogP contribution in [-0.4, -0.2) is 29.8 Å². The fourth-order valence-corrected chi connectivity index (χ4v) is 3.79. The predicted molar refractivity (Wildman–Crippen MR) is 85.0 cm³/mol. The van der Waals surface area contributed by atoms with E-state index in [1.807, 2.05) is 0 Å². The van der Waals surface area contributed by atoms with Gasteiger partial charge in [0.25, 0.3) is 0 Å². The molecule has 1 N–H and O–H groups in total. The topological polar surface area (TPSA) is 49.4 Å². The molecule has 1 aliphatic heterocycles. The summed E-state index contributed by atoms with van der Waals surface area (Å²) < 4.78 is 13.2. The molecular formula is C18H23FN2O2. The average Bonchev–Trinajstić information content (AvgIpc) is 3.17. The van der Waals surface area contributed by atoms with Crippen molar-refractivity contribution in [2.24, 2.45) is 5.92 Å². The van der Waals surface area contributed by atoms with Gasteiger partial charge in [-0.1, -0.05) is 25.0 Å². The maximum atomic E-state index is 13.2. The summed E-state index contributed by atoms with van der Waals surface area (Å²) in [6, 6.07) is 5.90. The number of carbonyl (C=O) groups is 2. The van der Waals surface area contributed by atoms with Gasteiger partial charge in [-0.05, 0) is 42.9 Å². The Morgan fingerprint density at radius 1 is 1.22 bits per heavy atom. The zero-order valence-electron chi connectivity index (χ0n) is 13.4. The molecule has 0 aromatic heterocycles. The van der Waals surface area contributed by atoms with E-state index < -0.39 is 0 Å². The summed E-state index contributed by atoms with van der Waals surface area (Å²) in [5.74, 6) is 0.0297. The molecule has 1 saturated heterocycles. The average molecular weight is 318 g/mol. The zero-order chi connectivity index (χ0) is 16.4. The van der Waals surface area contributed by atoms with Gasteiger partial charge in [0.05, 0.1) is 6.04 Å². The quantitative estimate of drug-likeness (QED) is 0.928. The van der Waals surface area contributed by atoms with Crippen LogP contribution in [0.3, 0.4) is 0 Å². The Morgan fingerprint density at radius 3 is 2.43 bits per heavy atom. The van der Waals surface area contributed by atoms with Crippen LogP contribution >= 0.6 is 0 Å². The highest BCUT2D eigenvalue weighted by Crippen LogP contribution is 2.36. The van der Waals surface area contributed by atoms with E-state index in [2.05, 4.69) is 5.32 Å². The first kappa shape index (κ1) is 16.0. The van der Waals surface area contributed by atoms with E-state index in [1.165, 1.54) is 29.9 Å². The van der Waals surface area contributed by atoms with Crippen LogP contribution in [0.2, 0.25) is 0 Å². The molecule has 1 aliphatic carbocycles. The first-order chi connectivity index (χ1) is 11.1. The van der Waals surface area contributed by atoms with E-state index in [-0.39, 0.29) is 29.7 Å². The maximum absolute atomic E-state index is 13.2. The van der Waals surface area contributed by atoms with Crippen LogP contribution in [0, 0.1) is 11.7 Å². The molecule has 2 fully saturated rings. The molecule has 1 saturated carbocycles. The molecule has 4 nitrogen and oxygen atoms in total. The van der Waals surface area contributed by atoms with Crippen molar-refractivity contribution >= 4 is 11.8 Å². The van der Waals surface area contributed by atoms with Crippen LogP contribution in [0.15, 0.2) is 24.3 Å². The Kier molecular flexibility index (Phi) is 4.64. The lowest BCUT2D eigenvalue weighted by atomic mass is 9.91. The first-order valence-corrected chi connectivity index (χ1v) is 8.38. The molecule has 0 radical (unpaired) electrons. The van der Waals surface area contributed by atoms with Crippen molar-refractivity contribution in [3.63, 3.8) is 0 Å². The Labute approximate surface area is 136 Å². The summed E-state index contributed by atoms with van der Waals surface area (Å²) in [6.45, 7) is 0. The molecule has 1 heterocycles. The zero-order valence-corrected chi connectivity index (χ0v) is 13.4. The summed E-state index contributed by atoms with van der Waals surface area (Å²) in [7, 11) is 1.68. The normalized spacial score (nSPS) is 23.3. The van der Waals surface area contributed by atoms with Gasteiger partial charge in [0.15, 0.2) is 0 Å². The van der Waals surface area contributed by atoms with E-state index in [0.717, 1.165) is 18.4 Å². The standard InChI is InChI=1S/C18H23FN2O2/c1-21-15(10-11-16(21)22)18(23)20-17(12-4-2-3-5-12)13-6-8-14(19)9-7-13/h6-9,12,15,17H,2-5,10-11H2,1H3,(H,20,23)/t15-,17+/m0/s1. The summed E-state index contributed by atoms with van der Waals surface area (Å²) >= 11 is 0.